The summed E-state index contributed by atoms with van der Waals surface area (Å²) in [4.78, 5) is 14.5. The predicted molar refractivity (Wildman–Crippen MR) is 90.2 cm³/mol. The van der Waals surface area contributed by atoms with Gasteiger partial charge in [0.2, 0.25) is 0 Å². The third-order valence-electron chi connectivity index (χ3n) is 3.58. The lowest BCUT2D eigenvalue weighted by Crippen LogP contribution is -2.44. The topological polar surface area (TPSA) is 44.4 Å². The molecular weight excluding hydrogens is 365 g/mol. The Morgan fingerprint density at radius 2 is 2.15 bits per heavy atom. The largest absolute Gasteiger partial charge is 0.352 e. The van der Waals surface area contributed by atoms with Crippen LogP contribution in [-0.4, -0.2) is 50.1 Å². The van der Waals surface area contributed by atoms with E-state index >= 15 is 0 Å². The number of hydrogen-bond donors (Lipinski definition) is 2. The molecule has 1 aromatic carbocycles. The van der Waals surface area contributed by atoms with Crippen molar-refractivity contribution in [3.8, 4) is 0 Å². The number of amides is 1. The molecule has 1 aromatic rings. The van der Waals surface area contributed by atoms with Gasteiger partial charge in [-0.15, -0.1) is 0 Å². The van der Waals surface area contributed by atoms with Crippen LogP contribution in [0.15, 0.2) is 18.2 Å². The highest BCUT2D eigenvalue weighted by Gasteiger charge is 2.09. The van der Waals surface area contributed by atoms with E-state index in [1.165, 1.54) is 5.56 Å². The summed E-state index contributed by atoms with van der Waals surface area (Å²) in [5, 5.41) is 6.34. The summed E-state index contributed by atoms with van der Waals surface area (Å²) in [7, 11) is 0. The second-order valence-corrected chi connectivity index (χ2v) is 6.33. The van der Waals surface area contributed by atoms with Gasteiger partial charge in [-0.05, 0) is 60.2 Å². The number of aryl methyl sites for hydroxylation is 1. The molecule has 2 rings (SSSR count). The van der Waals surface area contributed by atoms with E-state index in [2.05, 4.69) is 45.0 Å². The standard InChI is InChI=1S/C15H22IN3O/c1-12-3-4-13(11-14(12)16)15(20)18-5-2-8-19-9-6-17-7-10-19/h3-4,11,17H,2,5-10H2,1H3,(H,18,20). The van der Waals surface area contributed by atoms with Crippen LogP contribution in [0.4, 0.5) is 0 Å². The number of halogens is 1. The second kappa shape index (κ2) is 7.95. The molecule has 4 nitrogen and oxygen atoms in total. The van der Waals surface area contributed by atoms with Crippen molar-refractivity contribution in [2.24, 2.45) is 0 Å². The summed E-state index contributed by atoms with van der Waals surface area (Å²) >= 11 is 2.26. The molecular formula is C15H22IN3O. The number of carbonyl (C=O) groups is 1. The van der Waals surface area contributed by atoms with E-state index in [0.717, 1.165) is 54.8 Å². The first-order chi connectivity index (χ1) is 9.66. The summed E-state index contributed by atoms with van der Waals surface area (Å²) in [5.74, 6) is 0.0308. The molecule has 1 aliphatic heterocycles. The molecule has 0 atom stereocenters. The number of rotatable bonds is 5. The number of nitrogens with one attached hydrogen (secondary N) is 2. The van der Waals surface area contributed by atoms with Gasteiger partial charge in [0.05, 0.1) is 0 Å². The lowest BCUT2D eigenvalue weighted by Gasteiger charge is -2.27. The molecule has 20 heavy (non-hydrogen) atoms. The molecule has 2 N–H and O–H groups in total. The summed E-state index contributed by atoms with van der Waals surface area (Å²) < 4.78 is 1.14. The normalized spacial score (nSPS) is 16.1. The van der Waals surface area contributed by atoms with Crippen molar-refractivity contribution in [3.05, 3.63) is 32.9 Å². The molecule has 1 fully saturated rings. The van der Waals surface area contributed by atoms with E-state index in [-0.39, 0.29) is 5.91 Å². The van der Waals surface area contributed by atoms with Gasteiger partial charge in [-0.2, -0.15) is 0 Å². The van der Waals surface area contributed by atoms with Gasteiger partial charge in [-0.1, -0.05) is 6.07 Å². The molecule has 5 heteroatoms. The van der Waals surface area contributed by atoms with Crippen LogP contribution in [0.5, 0.6) is 0 Å². The van der Waals surface area contributed by atoms with Gasteiger partial charge < -0.3 is 15.5 Å². The molecule has 1 saturated heterocycles. The van der Waals surface area contributed by atoms with Gasteiger partial charge in [0.15, 0.2) is 0 Å². The monoisotopic (exact) mass is 387 g/mol. The van der Waals surface area contributed by atoms with Gasteiger partial charge in [-0.3, -0.25) is 4.79 Å². The zero-order valence-corrected chi connectivity index (χ0v) is 14.1. The van der Waals surface area contributed by atoms with Crippen LogP contribution in [0.25, 0.3) is 0 Å². The van der Waals surface area contributed by atoms with Crippen molar-refractivity contribution in [1.29, 1.82) is 0 Å². The number of piperazine rings is 1. The maximum Gasteiger partial charge on any atom is 0.251 e. The van der Waals surface area contributed by atoms with E-state index in [1.54, 1.807) is 0 Å². The van der Waals surface area contributed by atoms with Crippen LogP contribution >= 0.6 is 22.6 Å². The first-order valence-corrected chi connectivity index (χ1v) is 8.22. The molecule has 1 aliphatic rings. The first kappa shape index (κ1) is 15.7. The van der Waals surface area contributed by atoms with Gasteiger partial charge in [0.1, 0.15) is 0 Å². The average Bonchev–Trinajstić information content (AvgIpc) is 2.47. The Labute approximate surface area is 134 Å². The fourth-order valence-corrected chi connectivity index (χ4v) is 2.79. The van der Waals surface area contributed by atoms with Gasteiger partial charge >= 0.3 is 0 Å². The Morgan fingerprint density at radius 1 is 1.40 bits per heavy atom. The summed E-state index contributed by atoms with van der Waals surface area (Å²) in [5.41, 5.74) is 1.96. The van der Waals surface area contributed by atoms with Crippen LogP contribution in [0, 0.1) is 10.5 Å². The Morgan fingerprint density at radius 3 is 2.85 bits per heavy atom. The first-order valence-electron chi connectivity index (χ1n) is 7.14. The van der Waals surface area contributed by atoms with E-state index < -0.39 is 0 Å². The Kier molecular flexibility index (Phi) is 6.25. The van der Waals surface area contributed by atoms with Gasteiger partial charge in [0, 0.05) is 41.9 Å². The summed E-state index contributed by atoms with van der Waals surface area (Å²) in [6.45, 7) is 8.24. The zero-order chi connectivity index (χ0) is 14.4. The van der Waals surface area contributed by atoms with E-state index in [1.807, 2.05) is 18.2 Å². The quantitative estimate of drug-likeness (QED) is 0.596. The Balaban J connectivity index is 1.70. The van der Waals surface area contributed by atoms with Crippen LogP contribution in [0.3, 0.4) is 0 Å². The smallest absolute Gasteiger partial charge is 0.251 e. The molecule has 0 radical (unpaired) electrons. The molecule has 110 valence electrons. The molecule has 0 spiro atoms. The van der Waals surface area contributed by atoms with Crippen molar-refractivity contribution in [2.45, 2.75) is 13.3 Å². The number of carbonyl (C=O) groups excluding carboxylic acids is 1. The lowest BCUT2D eigenvalue weighted by molar-refractivity contribution is 0.0951. The molecule has 0 unspecified atom stereocenters. The molecule has 1 heterocycles. The third kappa shape index (κ3) is 4.71. The molecule has 0 aliphatic carbocycles. The third-order valence-corrected chi connectivity index (χ3v) is 4.74. The highest BCUT2D eigenvalue weighted by molar-refractivity contribution is 14.1. The number of benzene rings is 1. The average molecular weight is 387 g/mol. The van der Waals surface area contributed by atoms with Crippen molar-refractivity contribution in [2.75, 3.05) is 39.3 Å². The highest BCUT2D eigenvalue weighted by Crippen LogP contribution is 2.13. The van der Waals surface area contributed by atoms with Gasteiger partial charge in [0.25, 0.3) is 5.91 Å². The van der Waals surface area contributed by atoms with Gasteiger partial charge in [-0.25, -0.2) is 0 Å². The fourth-order valence-electron chi connectivity index (χ4n) is 2.28. The Hall–Kier alpha value is -0.660. The molecule has 1 amide bonds. The van der Waals surface area contributed by atoms with E-state index in [4.69, 9.17) is 0 Å². The van der Waals surface area contributed by atoms with Crippen LogP contribution in [0.2, 0.25) is 0 Å². The minimum Gasteiger partial charge on any atom is -0.352 e. The second-order valence-electron chi connectivity index (χ2n) is 5.17. The minimum atomic E-state index is 0.0308. The van der Waals surface area contributed by atoms with Crippen LogP contribution in [-0.2, 0) is 0 Å². The minimum absolute atomic E-state index is 0.0308. The summed E-state index contributed by atoms with van der Waals surface area (Å²) in [6, 6.07) is 5.84. The van der Waals surface area contributed by atoms with E-state index in [0.29, 0.717) is 0 Å². The highest BCUT2D eigenvalue weighted by atomic mass is 127. The van der Waals surface area contributed by atoms with Crippen LogP contribution in [0.1, 0.15) is 22.3 Å². The lowest BCUT2D eigenvalue weighted by atomic mass is 10.1. The molecule has 0 bridgehead atoms. The molecule has 0 aromatic heterocycles. The number of hydrogen-bond acceptors (Lipinski definition) is 3. The predicted octanol–water partition coefficient (Wildman–Crippen LogP) is 1.62. The summed E-state index contributed by atoms with van der Waals surface area (Å²) in [6.07, 6.45) is 1.01. The SMILES string of the molecule is Cc1ccc(C(=O)NCCCN2CCNCC2)cc1I. The maximum absolute atomic E-state index is 12.0. The Bertz CT molecular complexity index is 458. The van der Waals surface area contributed by atoms with Crippen LogP contribution < -0.4 is 10.6 Å². The zero-order valence-electron chi connectivity index (χ0n) is 11.9. The number of nitrogens with zero attached hydrogens (tertiary/aromatic N) is 1. The molecule has 0 saturated carbocycles. The maximum atomic E-state index is 12.0. The fraction of sp³-hybridized carbons (Fsp3) is 0.533. The van der Waals surface area contributed by atoms with E-state index in [9.17, 15) is 4.79 Å². The van der Waals surface area contributed by atoms with Crippen molar-refractivity contribution >= 4 is 28.5 Å². The van der Waals surface area contributed by atoms with Crippen molar-refractivity contribution in [1.82, 2.24) is 15.5 Å². The van der Waals surface area contributed by atoms with Crippen molar-refractivity contribution < 1.29 is 4.79 Å². The van der Waals surface area contributed by atoms with Crippen molar-refractivity contribution in [3.63, 3.8) is 0 Å².